The fourth-order valence-corrected chi connectivity index (χ4v) is 2.03. The first-order chi connectivity index (χ1) is 10.1. The topological polar surface area (TPSA) is 64.9 Å². The summed E-state index contributed by atoms with van der Waals surface area (Å²) in [4.78, 5) is 12.3. The van der Waals surface area contributed by atoms with Crippen molar-refractivity contribution in [3.63, 3.8) is 0 Å². The molecule has 106 valence electrons. The Morgan fingerprint density at radius 2 is 2.05 bits per heavy atom. The van der Waals surface area contributed by atoms with Gasteiger partial charge in [0.05, 0.1) is 11.3 Å². The quantitative estimate of drug-likeness (QED) is 0.909. The Morgan fingerprint density at radius 1 is 1.29 bits per heavy atom. The van der Waals surface area contributed by atoms with Crippen LogP contribution in [0.5, 0.6) is 0 Å². The summed E-state index contributed by atoms with van der Waals surface area (Å²) < 4.78 is 13.5. The average molecular weight is 304 g/mol. The highest BCUT2D eigenvalue weighted by atomic mass is 35.5. The molecule has 2 aromatic rings. The van der Waals surface area contributed by atoms with E-state index in [9.17, 15) is 9.18 Å². The van der Waals surface area contributed by atoms with E-state index in [1.165, 1.54) is 18.2 Å². The Bertz CT molecular complexity index is 740. The van der Waals surface area contributed by atoms with E-state index >= 15 is 0 Å². The van der Waals surface area contributed by atoms with Crippen molar-refractivity contribution in [3.05, 3.63) is 58.4 Å². The zero-order valence-corrected chi connectivity index (χ0v) is 11.8. The monoisotopic (exact) mass is 303 g/mol. The number of anilines is 2. The molecule has 0 heterocycles. The van der Waals surface area contributed by atoms with Gasteiger partial charge < -0.3 is 10.6 Å². The normalized spacial score (nSPS) is 9.81. The second kappa shape index (κ2) is 6.25. The van der Waals surface area contributed by atoms with Crippen LogP contribution in [0.1, 0.15) is 15.9 Å². The Morgan fingerprint density at radius 3 is 2.71 bits per heavy atom. The van der Waals surface area contributed by atoms with Gasteiger partial charge in [-0.3, -0.25) is 4.79 Å². The lowest BCUT2D eigenvalue weighted by Gasteiger charge is -2.11. The lowest BCUT2D eigenvalue weighted by atomic mass is 10.1. The van der Waals surface area contributed by atoms with Gasteiger partial charge in [-0.1, -0.05) is 17.7 Å². The average Bonchev–Trinajstić information content (AvgIpc) is 2.47. The van der Waals surface area contributed by atoms with Crippen LogP contribution in [0.2, 0.25) is 5.02 Å². The molecule has 0 saturated heterocycles. The summed E-state index contributed by atoms with van der Waals surface area (Å²) in [6.07, 6.45) is 0. The number of hydrogen-bond acceptors (Lipinski definition) is 3. The lowest BCUT2D eigenvalue weighted by Crippen LogP contribution is -2.15. The molecule has 0 fully saturated rings. The van der Waals surface area contributed by atoms with Crippen LogP contribution in [0, 0.1) is 17.1 Å². The number of amides is 1. The first kappa shape index (κ1) is 14.8. The van der Waals surface area contributed by atoms with E-state index < -0.39 is 11.7 Å². The predicted molar refractivity (Wildman–Crippen MR) is 80.1 cm³/mol. The summed E-state index contributed by atoms with van der Waals surface area (Å²) in [5.74, 6) is -1.17. The molecule has 1 amide bonds. The first-order valence-electron chi connectivity index (χ1n) is 6.04. The first-order valence-corrected chi connectivity index (χ1v) is 6.42. The maximum absolute atomic E-state index is 13.5. The minimum absolute atomic E-state index is 0.115. The van der Waals surface area contributed by atoms with E-state index in [0.29, 0.717) is 16.3 Å². The number of benzene rings is 2. The fraction of sp³-hybridized carbons (Fsp3) is 0.0667. The zero-order chi connectivity index (χ0) is 15.4. The molecule has 21 heavy (non-hydrogen) atoms. The lowest BCUT2D eigenvalue weighted by molar-refractivity contribution is 0.102. The van der Waals surface area contributed by atoms with E-state index in [4.69, 9.17) is 16.9 Å². The molecular formula is C15H11ClFN3O. The number of carbonyl (C=O) groups excluding carboxylic acids is 1. The largest absolute Gasteiger partial charge is 0.387 e. The van der Waals surface area contributed by atoms with Crippen molar-refractivity contribution in [1.82, 2.24) is 0 Å². The third-order valence-electron chi connectivity index (χ3n) is 2.87. The summed E-state index contributed by atoms with van der Waals surface area (Å²) in [6, 6.07) is 10.6. The minimum Gasteiger partial charge on any atom is -0.387 e. The Labute approximate surface area is 126 Å². The predicted octanol–water partition coefficient (Wildman–Crippen LogP) is 3.64. The maximum atomic E-state index is 13.5. The Balaban J connectivity index is 2.38. The molecule has 2 N–H and O–H groups in total. The highest BCUT2D eigenvalue weighted by molar-refractivity contribution is 6.31. The molecule has 0 radical (unpaired) electrons. The van der Waals surface area contributed by atoms with Crippen molar-refractivity contribution in [1.29, 1.82) is 5.26 Å². The van der Waals surface area contributed by atoms with Gasteiger partial charge in [0, 0.05) is 17.8 Å². The number of nitrogens with zero attached hydrogens (tertiary/aromatic N) is 1. The molecule has 0 spiro atoms. The van der Waals surface area contributed by atoms with Crippen molar-refractivity contribution in [2.45, 2.75) is 0 Å². The van der Waals surface area contributed by atoms with Crippen molar-refractivity contribution >= 4 is 28.9 Å². The number of hydrogen-bond donors (Lipinski definition) is 2. The van der Waals surface area contributed by atoms with Crippen molar-refractivity contribution in [3.8, 4) is 6.07 Å². The smallest absolute Gasteiger partial charge is 0.257 e. The molecular weight excluding hydrogens is 293 g/mol. The van der Waals surface area contributed by atoms with E-state index in [2.05, 4.69) is 10.6 Å². The second-order valence-corrected chi connectivity index (χ2v) is 4.60. The maximum Gasteiger partial charge on any atom is 0.257 e. The molecule has 0 aliphatic heterocycles. The molecule has 0 aromatic heterocycles. The summed E-state index contributed by atoms with van der Waals surface area (Å²) in [5.41, 5.74) is 0.786. The van der Waals surface area contributed by atoms with Crippen molar-refractivity contribution in [2.24, 2.45) is 0 Å². The minimum atomic E-state index is -0.685. The molecule has 0 aliphatic rings. The summed E-state index contributed by atoms with van der Waals surface area (Å²) >= 11 is 5.88. The van der Waals surface area contributed by atoms with Crippen LogP contribution in [0.4, 0.5) is 15.8 Å². The third kappa shape index (κ3) is 3.12. The molecule has 0 atom stereocenters. The second-order valence-electron chi connectivity index (χ2n) is 4.17. The van der Waals surface area contributed by atoms with Crippen LogP contribution >= 0.6 is 11.6 Å². The van der Waals surface area contributed by atoms with Crippen LogP contribution in [0.3, 0.4) is 0 Å². The number of halogens is 2. The van der Waals surface area contributed by atoms with Gasteiger partial charge in [0.2, 0.25) is 0 Å². The molecule has 0 aliphatic carbocycles. The van der Waals surface area contributed by atoms with Gasteiger partial charge >= 0.3 is 0 Å². The zero-order valence-electron chi connectivity index (χ0n) is 11.1. The van der Waals surface area contributed by atoms with E-state index in [1.54, 1.807) is 25.2 Å². The highest BCUT2D eigenvalue weighted by Gasteiger charge is 2.15. The van der Waals surface area contributed by atoms with Gasteiger partial charge in [0.15, 0.2) is 0 Å². The molecule has 0 unspecified atom stereocenters. The van der Waals surface area contributed by atoms with Gasteiger partial charge in [0.25, 0.3) is 5.91 Å². The number of carbonyl (C=O) groups is 1. The molecule has 2 rings (SSSR count). The van der Waals surface area contributed by atoms with Gasteiger partial charge in [-0.2, -0.15) is 5.26 Å². The molecule has 6 heteroatoms. The Kier molecular flexibility index (Phi) is 4.41. The fourth-order valence-electron chi connectivity index (χ4n) is 1.85. The van der Waals surface area contributed by atoms with Crippen LogP contribution in [0.15, 0.2) is 36.4 Å². The van der Waals surface area contributed by atoms with Gasteiger partial charge in [-0.05, 0) is 30.3 Å². The van der Waals surface area contributed by atoms with Crippen LogP contribution in [-0.2, 0) is 0 Å². The van der Waals surface area contributed by atoms with Crippen molar-refractivity contribution in [2.75, 3.05) is 17.7 Å². The number of nitriles is 1. The van der Waals surface area contributed by atoms with Gasteiger partial charge in [0.1, 0.15) is 17.4 Å². The highest BCUT2D eigenvalue weighted by Crippen LogP contribution is 2.23. The van der Waals surface area contributed by atoms with Gasteiger partial charge in [-0.15, -0.1) is 0 Å². The van der Waals surface area contributed by atoms with Crippen molar-refractivity contribution < 1.29 is 9.18 Å². The summed E-state index contributed by atoms with van der Waals surface area (Å²) in [6.45, 7) is 0. The number of nitrogens with one attached hydrogen (secondary N) is 2. The number of rotatable bonds is 3. The van der Waals surface area contributed by atoms with Crippen LogP contribution in [0.25, 0.3) is 0 Å². The SMILES string of the molecule is CNc1ccc(Cl)cc1C(=O)Nc1cccc(F)c1C#N. The standard InChI is InChI=1S/C15H11ClFN3O/c1-19-13-6-5-9(16)7-10(13)15(21)20-14-4-2-3-12(17)11(14)8-18/h2-7,19H,1H3,(H,20,21). The van der Waals surface area contributed by atoms with Crippen LogP contribution < -0.4 is 10.6 Å². The summed E-state index contributed by atoms with van der Waals surface area (Å²) in [7, 11) is 1.67. The Hall–Kier alpha value is -2.58. The molecule has 4 nitrogen and oxygen atoms in total. The third-order valence-corrected chi connectivity index (χ3v) is 3.10. The van der Waals surface area contributed by atoms with E-state index in [1.807, 2.05) is 0 Å². The van der Waals surface area contributed by atoms with Gasteiger partial charge in [-0.25, -0.2) is 4.39 Å². The molecule has 2 aromatic carbocycles. The van der Waals surface area contributed by atoms with E-state index in [-0.39, 0.29) is 11.3 Å². The molecule has 0 bridgehead atoms. The summed E-state index contributed by atoms with van der Waals surface area (Å²) in [5, 5.41) is 14.7. The van der Waals surface area contributed by atoms with E-state index in [0.717, 1.165) is 6.07 Å². The molecule has 0 saturated carbocycles. The van der Waals surface area contributed by atoms with Crippen LogP contribution in [-0.4, -0.2) is 13.0 Å².